The minimum absolute atomic E-state index is 0.204. The Morgan fingerprint density at radius 1 is 1.50 bits per heavy atom. The molecule has 0 aliphatic carbocycles. The second-order valence-electron chi connectivity index (χ2n) is 4.59. The van der Waals surface area contributed by atoms with E-state index in [2.05, 4.69) is 10.1 Å². The molecule has 4 nitrogen and oxygen atoms in total. The molecule has 0 unspecified atom stereocenters. The highest BCUT2D eigenvalue weighted by Crippen LogP contribution is 2.30. The minimum Gasteiger partial charge on any atom is -0.465 e. The third kappa shape index (κ3) is 3.03. The Labute approximate surface area is 115 Å². The van der Waals surface area contributed by atoms with Crippen molar-refractivity contribution in [3.63, 3.8) is 0 Å². The van der Waals surface area contributed by atoms with Gasteiger partial charge in [0.05, 0.1) is 18.2 Å². The van der Waals surface area contributed by atoms with E-state index in [-0.39, 0.29) is 11.8 Å². The van der Waals surface area contributed by atoms with Crippen LogP contribution < -0.4 is 5.32 Å². The Kier molecular flexibility index (Phi) is 4.76. The minimum atomic E-state index is -0.691. The number of halogens is 1. The zero-order valence-electron chi connectivity index (χ0n) is 10.8. The fourth-order valence-corrected chi connectivity index (χ4v) is 2.23. The van der Waals surface area contributed by atoms with E-state index in [1.54, 1.807) is 19.2 Å². The molecule has 0 aliphatic heterocycles. The van der Waals surface area contributed by atoms with Gasteiger partial charge in [0.1, 0.15) is 4.88 Å². The van der Waals surface area contributed by atoms with Crippen LogP contribution in [0.4, 0.5) is 5.69 Å². The van der Waals surface area contributed by atoms with Crippen LogP contribution in [0.15, 0.2) is 5.38 Å². The van der Waals surface area contributed by atoms with Gasteiger partial charge in [0.2, 0.25) is 5.91 Å². The van der Waals surface area contributed by atoms with Gasteiger partial charge < -0.3 is 10.1 Å². The lowest BCUT2D eigenvalue weighted by atomic mass is 9.95. The zero-order chi connectivity index (χ0) is 13.9. The summed E-state index contributed by atoms with van der Waals surface area (Å²) in [5, 5.41) is 4.55. The number of methoxy groups -OCH3 is 1. The van der Waals surface area contributed by atoms with E-state index in [1.165, 1.54) is 18.4 Å². The number of carbonyl (C=O) groups is 2. The van der Waals surface area contributed by atoms with Crippen LogP contribution in [0.1, 0.15) is 29.1 Å². The molecule has 0 bridgehead atoms. The Balaban J connectivity index is 3.01. The Bertz CT molecular complexity index is 468. The van der Waals surface area contributed by atoms with Gasteiger partial charge in [-0.2, -0.15) is 0 Å². The van der Waals surface area contributed by atoms with Gasteiger partial charge >= 0.3 is 5.97 Å². The molecule has 0 radical (unpaired) electrons. The van der Waals surface area contributed by atoms with Gasteiger partial charge in [0.25, 0.3) is 0 Å². The van der Waals surface area contributed by atoms with Crippen molar-refractivity contribution in [2.45, 2.75) is 20.8 Å². The van der Waals surface area contributed by atoms with Crippen molar-refractivity contribution < 1.29 is 14.3 Å². The van der Waals surface area contributed by atoms with Crippen LogP contribution in [0.5, 0.6) is 0 Å². The number of aryl methyl sites for hydroxylation is 1. The van der Waals surface area contributed by atoms with Crippen LogP contribution in [0.25, 0.3) is 0 Å². The highest BCUT2D eigenvalue weighted by Gasteiger charge is 2.28. The molecule has 6 heteroatoms. The predicted octanol–water partition coefficient (Wildman–Crippen LogP) is 3.05. The molecule has 0 saturated carbocycles. The summed E-state index contributed by atoms with van der Waals surface area (Å²) in [6, 6.07) is 0. The quantitative estimate of drug-likeness (QED) is 0.685. The Morgan fingerprint density at radius 2 is 2.11 bits per heavy atom. The van der Waals surface area contributed by atoms with E-state index in [9.17, 15) is 9.59 Å². The van der Waals surface area contributed by atoms with Gasteiger partial charge in [0, 0.05) is 5.88 Å². The van der Waals surface area contributed by atoms with E-state index < -0.39 is 11.4 Å². The summed E-state index contributed by atoms with van der Waals surface area (Å²) >= 11 is 6.99. The van der Waals surface area contributed by atoms with Crippen LogP contribution in [-0.4, -0.2) is 24.9 Å². The number of hydrogen-bond acceptors (Lipinski definition) is 4. The topological polar surface area (TPSA) is 55.4 Å². The van der Waals surface area contributed by atoms with Crippen molar-refractivity contribution in [3.05, 3.63) is 15.8 Å². The largest absolute Gasteiger partial charge is 0.465 e. The summed E-state index contributed by atoms with van der Waals surface area (Å²) in [5.74, 6) is -0.466. The zero-order valence-corrected chi connectivity index (χ0v) is 12.4. The number of nitrogens with one attached hydrogen (secondary N) is 1. The second kappa shape index (κ2) is 5.71. The maximum absolute atomic E-state index is 12.0. The molecule has 1 rings (SSSR count). The lowest BCUT2D eigenvalue weighted by Gasteiger charge is -2.20. The van der Waals surface area contributed by atoms with Crippen LogP contribution in [0.2, 0.25) is 0 Å². The van der Waals surface area contributed by atoms with Crippen molar-refractivity contribution in [2.75, 3.05) is 18.3 Å². The molecule has 0 atom stereocenters. The third-order valence-electron chi connectivity index (χ3n) is 2.53. The number of alkyl halides is 1. The van der Waals surface area contributed by atoms with E-state index in [1.807, 2.05) is 6.92 Å². The molecule has 1 heterocycles. The van der Waals surface area contributed by atoms with Crippen molar-refractivity contribution in [3.8, 4) is 0 Å². The van der Waals surface area contributed by atoms with Gasteiger partial charge in [0.15, 0.2) is 0 Å². The highest BCUT2D eigenvalue weighted by molar-refractivity contribution is 7.12. The maximum Gasteiger partial charge on any atom is 0.350 e. The number of anilines is 1. The van der Waals surface area contributed by atoms with Gasteiger partial charge in [-0.1, -0.05) is 0 Å². The summed E-state index contributed by atoms with van der Waals surface area (Å²) in [5.41, 5.74) is 0.651. The molecule has 1 aromatic heterocycles. The predicted molar refractivity (Wildman–Crippen MR) is 73.5 cm³/mol. The molecule has 1 aromatic rings. The van der Waals surface area contributed by atoms with Gasteiger partial charge in [-0.3, -0.25) is 4.79 Å². The smallest absolute Gasteiger partial charge is 0.350 e. The van der Waals surface area contributed by atoms with Gasteiger partial charge in [-0.15, -0.1) is 22.9 Å². The first kappa shape index (κ1) is 15.0. The Hall–Kier alpha value is -1.07. The number of hydrogen-bond donors (Lipinski definition) is 1. The average molecular weight is 290 g/mol. The van der Waals surface area contributed by atoms with E-state index in [0.717, 1.165) is 5.56 Å². The number of amides is 1. The third-order valence-corrected chi connectivity index (χ3v) is 4.28. The van der Waals surface area contributed by atoms with Crippen LogP contribution >= 0.6 is 22.9 Å². The van der Waals surface area contributed by atoms with Crippen molar-refractivity contribution in [1.29, 1.82) is 0 Å². The van der Waals surface area contributed by atoms with E-state index >= 15 is 0 Å². The first-order chi connectivity index (χ1) is 8.33. The number of carbonyl (C=O) groups excluding carboxylic acids is 2. The molecule has 18 heavy (non-hydrogen) atoms. The molecule has 0 aromatic carbocycles. The van der Waals surface area contributed by atoms with Crippen LogP contribution in [0, 0.1) is 12.3 Å². The van der Waals surface area contributed by atoms with E-state index in [0.29, 0.717) is 10.6 Å². The number of rotatable bonds is 4. The second-order valence-corrected chi connectivity index (χ2v) is 5.73. The molecular weight excluding hydrogens is 274 g/mol. The van der Waals surface area contributed by atoms with Crippen molar-refractivity contribution >= 4 is 40.5 Å². The first-order valence-corrected chi connectivity index (χ1v) is 6.78. The van der Waals surface area contributed by atoms with Gasteiger partial charge in [-0.25, -0.2) is 4.79 Å². The number of ether oxygens (including phenoxy) is 1. The molecule has 0 aliphatic rings. The van der Waals surface area contributed by atoms with Gasteiger partial charge in [-0.05, 0) is 31.7 Å². The fourth-order valence-electron chi connectivity index (χ4n) is 1.19. The van der Waals surface area contributed by atoms with Crippen LogP contribution in [-0.2, 0) is 9.53 Å². The number of thiophene rings is 1. The number of esters is 1. The van der Waals surface area contributed by atoms with Crippen molar-refractivity contribution in [2.24, 2.45) is 5.41 Å². The fraction of sp³-hybridized carbons (Fsp3) is 0.500. The summed E-state index contributed by atoms with van der Waals surface area (Å²) in [6.45, 7) is 5.32. The standard InChI is InChI=1S/C12H16ClNO3S/c1-7-5-18-9(10(15)17-4)8(7)14-11(16)12(2,3)6-13/h5H,6H2,1-4H3,(H,14,16). The molecular formula is C12H16ClNO3S. The molecule has 1 N–H and O–H groups in total. The summed E-state index contributed by atoms with van der Waals surface area (Å²) in [7, 11) is 1.31. The first-order valence-electron chi connectivity index (χ1n) is 5.37. The highest BCUT2D eigenvalue weighted by atomic mass is 35.5. The lowest BCUT2D eigenvalue weighted by molar-refractivity contribution is -0.122. The molecule has 0 saturated heterocycles. The van der Waals surface area contributed by atoms with Crippen molar-refractivity contribution in [1.82, 2.24) is 0 Å². The SMILES string of the molecule is COC(=O)c1scc(C)c1NC(=O)C(C)(C)CCl. The van der Waals surface area contributed by atoms with Crippen LogP contribution in [0.3, 0.4) is 0 Å². The summed E-state index contributed by atoms with van der Waals surface area (Å²) in [6.07, 6.45) is 0. The molecule has 100 valence electrons. The lowest BCUT2D eigenvalue weighted by Crippen LogP contribution is -2.32. The average Bonchev–Trinajstić information content (AvgIpc) is 2.70. The molecule has 0 spiro atoms. The molecule has 1 amide bonds. The maximum atomic E-state index is 12.0. The normalized spacial score (nSPS) is 11.2. The molecule has 0 fully saturated rings. The monoisotopic (exact) mass is 289 g/mol. The summed E-state index contributed by atoms with van der Waals surface area (Å²) < 4.78 is 4.68. The summed E-state index contributed by atoms with van der Waals surface area (Å²) in [4.78, 5) is 24.0. The van der Waals surface area contributed by atoms with E-state index in [4.69, 9.17) is 11.6 Å². The Morgan fingerprint density at radius 3 is 2.61 bits per heavy atom.